The third kappa shape index (κ3) is 3.41. The monoisotopic (exact) mass is 243 g/mol. The van der Waals surface area contributed by atoms with Gasteiger partial charge in [0.05, 0.1) is 0 Å². The van der Waals surface area contributed by atoms with Gasteiger partial charge in [-0.2, -0.15) is 0 Å². The van der Waals surface area contributed by atoms with E-state index in [9.17, 15) is 4.39 Å². The summed E-state index contributed by atoms with van der Waals surface area (Å²) in [6.45, 7) is 0.573. The largest absolute Gasteiger partial charge is 0.330 e. The summed E-state index contributed by atoms with van der Waals surface area (Å²) in [5.41, 5.74) is 7.80. The second kappa shape index (κ2) is 6.31. The van der Waals surface area contributed by atoms with Gasteiger partial charge in [-0.3, -0.25) is 0 Å². The van der Waals surface area contributed by atoms with Crippen LogP contribution < -0.4 is 5.73 Å². The van der Waals surface area contributed by atoms with Crippen molar-refractivity contribution < 1.29 is 4.39 Å². The third-order valence-electron chi connectivity index (χ3n) is 3.17. The standard InChI is InChI=1S/C16H18FN/c17-16-9-5-4-8-15(16)11-14(12-18)10-13-6-2-1-3-7-13/h1-9,14H,10-12,18H2. The second-order valence-electron chi connectivity index (χ2n) is 4.59. The van der Waals surface area contributed by atoms with Crippen molar-refractivity contribution in [2.75, 3.05) is 6.54 Å². The van der Waals surface area contributed by atoms with Gasteiger partial charge in [0.15, 0.2) is 0 Å². The van der Waals surface area contributed by atoms with Gasteiger partial charge in [0.2, 0.25) is 0 Å². The predicted molar refractivity (Wildman–Crippen MR) is 72.8 cm³/mol. The Balaban J connectivity index is 2.04. The fraction of sp³-hybridized carbons (Fsp3) is 0.250. The van der Waals surface area contributed by atoms with E-state index >= 15 is 0 Å². The molecule has 0 aliphatic heterocycles. The Hall–Kier alpha value is -1.67. The van der Waals surface area contributed by atoms with Gasteiger partial charge >= 0.3 is 0 Å². The van der Waals surface area contributed by atoms with Crippen LogP contribution in [0.1, 0.15) is 11.1 Å². The van der Waals surface area contributed by atoms with Crippen LogP contribution in [0.15, 0.2) is 54.6 Å². The molecule has 2 N–H and O–H groups in total. The first kappa shape index (κ1) is 12.8. The van der Waals surface area contributed by atoms with Gasteiger partial charge in [0.25, 0.3) is 0 Å². The quantitative estimate of drug-likeness (QED) is 0.857. The highest BCUT2D eigenvalue weighted by Gasteiger charge is 2.11. The Labute approximate surface area is 107 Å². The Kier molecular flexibility index (Phi) is 4.48. The Bertz CT molecular complexity index is 481. The molecule has 94 valence electrons. The fourth-order valence-electron chi connectivity index (χ4n) is 2.16. The van der Waals surface area contributed by atoms with Crippen LogP contribution in [0.5, 0.6) is 0 Å². The zero-order valence-corrected chi connectivity index (χ0v) is 10.4. The van der Waals surface area contributed by atoms with Crippen LogP contribution in [0, 0.1) is 11.7 Å². The van der Waals surface area contributed by atoms with Crippen molar-refractivity contribution in [1.82, 2.24) is 0 Å². The first-order valence-corrected chi connectivity index (χ1v) is 6.27. The highest BCUT2D eigenvalue weighted by atomic mass is 19.1. The summed E-state index contributed by atoms with van der Waals surface area (Å²) in [5.74, 6) is 0.147. The molecule has 0 saturated carbocycles. The van der Waals surface area contributed by atoms with E-state index in [1.54, 1.807) is 6.07 Å². The van der Waals surface area contributed by atoms with Crippen LogP contribution in [-0.2, 0) is 12.8 Å². The number of hydrogen-bond acceptors (Lipinski definition) is 1. The molecule has 0 amide bonds. The Morgan fingerprint density at radius 2 is 1.56 bits per heavy atom. The lowest BCUT2D eigenvalue weighted by atomic mass is 9.92. The molecule has 2 aromatic rings. The lowest BCUT2D eigenvalue weighted by Gasteiger charge is -2.15. The fourth-order valence-corrected chi connectivity index (χ4v) is 2.16. The average molecular weight is 243 g/mol. The third-order valence-corrected chi connectivity index (χ3v) is 3.17. The minimum absolute atomic E-state index is 0.135. The van der Waals surface area contributed by atoms with Gasteiger partial charge in [-0.25, -0.2) is 4.39 Å². The first-order chi connectivity index (χ1) is 8.79. The summed E-state index contributed by atoms with van der Waals surface area (Å²) >= 11 is 0. The topological polar surface area (TPSA) is 26.0 Å². The molecule has 1 atom stereocenters. The smallest absolute Gasteiger partial charge is 0.126 e. The van der Waals surface area contributed by atoms with Crippen LogP contribution in [0.3, 0.4) is 0 Å². The summed E-state index contributed by atoms with van der Waals surface area (Å²) in [7, 11) is 0. The molecular formula is C16H18FN. The van der Waals surface area contributed by atoms with E-state index in [1.165, 1.54) is 11.6 Å². The number of hydrogen-bond donors (Lipinski definition) is 1. The van der Waals surface area contributed by atoms with Gasteiger partial charge in [-0.05, 0) is 42.5 Å². The van der Waals surface area contributed by atoms with Gasteiger partial charge in [0.1, 0.15) is 5.82 Å². The molecule has 0 aromatic heterocycles. The van der Waals surface area contributed by atoms with Crippen molar-refractivity contribution in [3.05, 3.63) is 71.5 Å². The molecule has 1 unspecified atom stereocenters. The summed E-state index contributed by atoms with van der Waals surface area (Å²) in [6.07, 6.45) is 1.59. The maximum atomic E-state index is 13.6. The van der Waals surface area contributed by atoms with E-state index in [0.717, 1.165) is 12.0 Å². The highest BCUT2D eigenvalue weighted by Crippen LogP contribution is 2.16. The van der Waals surface area contributed by atoms with Gasteiger partial charge in [-0.1, -0.05) is 48.5 Å². The zero-order chi connectivity index (χ0) is 12.8. The van der Waals surface area contributed by atoms with Crippen molar-refractivity contribution in [1.29, 1.82) is 0 Å². The molecule has 0 fully saturated rings. The number of halogens is 1. The van der Waals surface area contributed by atoms with Crippen molar-refractivity contribution in [3.8, 4) is 0 Å². The molecule has 18 heavy (non-hydrogen) atoms. The molecule has 0 aliphatic carbocycles. The maximum absolute atomic E-state index is 13.6. The molecule has 2 heteroatoms. The van der Waals surface area contributed by atoms with Crippen molar-refractivity contribution >= 4 is 0 Å². The summed E-state index contributed by atoms with van der Waals surface area (Å²) in [5, 5.41) is 0. The molecular weight excluding hydrogens is 225 g/mol. The molecule has 2 rings (SSSR count). The summed E-state index contributed by atoms with van der Waals surface area (Å²) in [6, 6.07) is 17.1. The van der Waals surface area contributed by atoms with Crippen LogP contribution in [0.25, 0.3) is 0 Å². The average Bonchev–Trinajstić information content (AvgIpc) is 2.41. The normalized spacial score (nSPS) is 12.3. The summed E-state index contributed by atoms with van der Waals surface area (Å²) in [4.78, 5) is 0. The van der Waals surface area contributed by atoms with Crippen LogP contribution in [-0.4, -0.2) is 6.54 Å². The van der Waals surface area contributed by atoms with E-state index in [2.05, 4.69) is 12.1 Å². The van der Waals surface area contributed by atoms with E-state index in [1.807, 2.05) is 30.3 Å². The van der Waals surface area contributed by atoms with E-state index < -0.39 is 0 Å². The highest BCUT2D eigenvalue weighted by molar-refractivity contribution is 5.20. The van der Waals surface area contributed by atoms with Crippen LogP contribution in [0.2, 0.25) is 0 Å². The molecule has 2 aromatic carbocycles. The molecule has 0 spiro atoms. The van der Waals surface area contributed by atoms with E-state index in [-0.39, 0.29) is 11.7 Å². The van der Waals surface area contributed by atoms with Crippen LogP contribution in [0.4, 0.5) is 4.39 Å². The molecule has 1 nitrogen and oxygen atoms in total. The Morgan fingerprint density at radius 3 is 2.22 bits per heavy atom. The minimum Gasteiger partial charge on any atom is -0.330 e. The summed E-state index contributed by atoms with van der Waals surface area (Å²) < 4.78 is 13.6. The van der Waals surface area contributed by atoms with Crippen molar-refractivity contribution in [3.63, 3.8) is 0 Å². The van der Waals surface area contributed by atoms with Crippen molar-refractivity contribution in [2.45, 2.75) is 12.8 Å². The molecule has 0 aliphatic rings. The lowest BCUT2D eigenvalue weighted by Crippen LogP contribution is -2.19. The predicted octanol–water partition coefficient (Wildman–Crippen LogP) is 3.19. The zero-order valence-electron chi connectivity index (χ0n) is 10.4. The Morgan fingerprint density at radius 1 is 0.889 bits per heavy atom. The molecule has 0 bridgehead atoms. The molecule has 0 heterocycles. The molecule has 0 saturated heterocycles. The van der Waals surface area contributed by atoms with Gasteiger partial charge < -0.3 is 5.73 Å². The number of rotatable bonds is 5. The number of nitrogens with two attached hydrogens (primary N) is 1. The van der Waals surface area contributed by atoms with Crippen molar-refractivity contribution in [2.24, 2.45) is 11.7 Å². The molecule has 0 radical (unpaired) electrons. The minimum atomic E-state index is -0.135. The lowest BCUT2D eigenvalue weighted by molar-refractivity contribution is 0.512. The van der Waals surface area contributed by atoms with Gasteiger partial charge in [-0.15, -0.1) is 0 Å². The van der Waals surface area contributed by atoms with E-state index in [0.29, 0.717) is 13.0 Å². The maximum Gasteiger partial charge on any atom is 0.126 e. The van der Waals surface area contributed by atoms with E-state index in [4.69, 9.17) is 5.73 Å². The first-order valence-electron chi connectivity index (χ1n) is 6.27. The SMILES string of the molecule is NCC(Cc1ccccc1)Cc1ccccc1F. The van der Waals surface area contributed by atoms with Crippen LogP contribution >= 0.6 is 0 Å². The second-order valence-corrected chi connectivity index (χ2v) is 4.59. The number of benzene rings is 2. The van der Waals surface area contributed by atoms with Gasteiger partial charge in [0, 0.05) is 0 Å².